The Balaban J connectivity index is 1.75. The molecule has 0 saturated heterocycles. The Morgan fingerprint density at radius 2 is 1.88 bits per heavy atom. The van der Waals surface area contributed by atoms with Gasteiger partial charge in [0.25, 0.3) is 0 Å². The first-order valence-corrected chi connectivity index (χ1v) is 6.63. The van der Waals surface area contributed by atoms with Crippen LogP contribution in [0, 0.1) is 5.92 Å². The predicted molar refractivity (Wildman–Crippen MR) is 69.7 cm³/mol. The van der Waals surface area contributed by atoms with Crippen LogP contribution in [0.5, 0.6) is 0 Å². The highest BCUT2D eigenvalue weighted by Crippen LogP contribution is 2.40. The van der Waals surface area contributed by atoms with Crippen molar-refractivity contribution in [3.8, 4) is 0 Å². The highest BCUT2D eigenvalue weighted by Gasteiger charge is 2.37. The van der Waals surface area contributed by atoms with Gasteiger partial charge in [0, 0.05) is 12.0 Å². The van der Waals surface area contributed by atoms with Gasteiger partial charge in [-0.25, -0.2) is 0 Å². The quantitative estimate of drug-likeness (QED) is 0.768. The molecule has 1 aromatic carbocycles. The normalized spacial score (nSPS) is 23.7. The summed E-state index contributed by atoms with van der Waals surface area (Å²) in [5.74, 6) is 1.63. The lowest BCUT2D eigenvalue weighted by Crippen LogP contribution is -2.25. The van der Waals surface area contributed by atoms with Crippen LogP contribution in [-0.2, 0) is 0 Å². The zero-order valence-electron chi connectivity index (χ0n) is 10.4. The molecule has 1 aliphatic carbocycles. The first-order valence-electron chi connectivity index (χ1n) is 6.63. The van der Waals surface area contributed by atoms with E-state index in [1.165, 1.54) is 31.4 Å². The zero-order valence-corrected chi connectivity index (χ0v) is 10.4. The van der Waals surface area contributed by atoms with Crippen molar-refractivity contribution in [2.24, 2.45) is 5.92 Å². The molecule has 1 aliphatic rings. The molecular weight excluding hydrogens is 194 g/mol. The van der Waals surface area contributed by atoms with Gasteiger partial charge in [0.2, 0.25) is 0 Å². The maximum absolute atomic E-state index is 3.71. The molecule has 1 N–H and O–H groups in total. The van der Waals surface area contributed by atoms with E-state index in [0.717, 1.165) is 17.9 Å². The van der Waals surface area contributed by atoms with Crippen molar-refractivity contribution in [3.63, 3.8) is 0 Å². The van der Waals surface area contributed by atoms with Gasteiger partial charge in [-0.15, -0.1) is 0 Å². The number of rotatable bonds is 6. The van der Waals surface area contributed by atoms with Crippen LogP contribution < -0.4 is 5.32 Å². The summed E-state index contributed by atoms with van der Waals surface area (Å²) in [6.07, 6.45) is 3.92. The molecule has 2 rings (SSSR count). The summed E-state index contributed by atoms with van der Waals surface area (Å²) in [7, 11) is 0. The van der Waals surface area contributed by atoms with Gasteiger partial charge in [0.1, 0.15) is 0 Å². The minimum Gasteiger partial charge on any atom is -0.313 e. The Morgan fingerprint density at radius 3 is 2.50 bits per heavy atom. The number of benzene rings is 1. The van der Waals surface area contributed by atoms with Crippen LogP contribution >= 0.6 is 0 Å². The van der Waals surface area contributed by atoms with Crippen molar-refractivity contribution in [2.45, 2.75) is 45.1 Å². The lowest BCUT2D eigenvalue weighted by atomic mass is 10.0. The van der Waals surface area contributed by atoms with E-state index < -0.39 is 0 Å². The van der Waals surface area contributed by atoms with Gasteiger partial charge in [-0.2, -0.15) is 0 Å². The summed E-state index contributed by atoms with van der Waals surface area (Å²) in [6, 6.07) is 11.6. The molecule has 2 unspecified atom stereocenters. The van der Waals surface area contributed by atoms with Crippen LogP contribution in [0.4, 0.5) is 0 Å². The summed E-state index contributed by atoms with van der Waals surface area (Å²) in [6.45, 7) is 5.77. The van der Waals surface area contributed by atoms with Gasteiger partial charge < -0.3 is 5.32 Å². The maximum Gasteiger partial charge on any atom is 0.0143 e. The van der Waals surface area contributed by atoms with E-state index in [1.807, 2.05) is 0 Å². The summed E-state index contributed by atoms with van der Waals surface area (Å²) < 4.78 is 0. The zero-order chi connectivity index (χ0) is 11.4. The molecule has 1 nitrogen and oxygen atoms in total. The minimum atomic E-state index is 0.739. The van der Waals surface area contributed by atoms with Gasteiger partial charge in [0.15, 0.2) is 0 Å². The fourth-order valence-electron chi connectivity index (χ4n) is 2.38. The molecule has 1 fully saturated rings. The largest absolute Gasteiger partial charge is 0.313 e. The summed E-state index contributed by atoms with van der Waals surface area (Å²) in [5.41, 5.74) is 1.50. The SMILES string of the molecule is CCC(CC)CNC1CC1c1ccccc1. The van der Waals surface area contributed by atoms with E-state index in [1.54, 1.807) is 0 Å². The van der Waals surface area contributed by atoms with Gasteiger partial charge in [-0.3, -0.25) is 0 Å². The summed E-state index contributed by atoms with van der Waals surface area (Å²) in [5, 5.41) is 3.71. The molecule has 2 atom stereocenters. The van der Waals surface area contributed by atoms with Gasteiger partial charge in [-0.1, -0.05) is 57.0 Å². The van der Waals surface area contributed by atoms with Gasteiger partial charge >= 0.3 is 0 Å². The first-order chi connectivity index (χ1) is 7.85. The predicted octanol–water partition coefficient (Wildman–Crippen LogP) is 3.57. The van der Waals surface area contributed by atoms with Crippen LogP contribution in [0.25, 0.3) is 0 Å². The Hall–Kier alpha value is -0.820. The second kappa shape index (κ2) is 5.49. The molecule has 1 saturated carbocycles. The average Bonchev–Trinajstić information content (AvgIpc) is 3.11. The third kappa shape index (κ3) is 2.85. The van der Waals surface area contributed by atoms with Crippen LogP contribution in [0.15, 0.2) is 30.3 Å². The van der Waals surface area contributed by atoms with E-state index in [2.05, 4.69) is 49.5 Å². The van der Waals surface area contributed by atoms with Crippen molar-refractivity contribution in [2.75, 3.05) is 6.54 Å². The second-order valence-electron chi connectivity index (χ2n) is 4.95. The fourth-order valence-corrected chi connectivity index (χ4v) is 2.38. The third-order valence-corrected chi connectivity index (χ3v) is 3.84. The molecule has 16 heavy (non-hydrogen) atoms. The minimum absolute atomic E-state index is 0.739. The molecule has 88 valence electrons. The van der Waals surface area contributed by atoms with Crippen molar-refractivity contribution in [3.05, 3.63) is 35.9 Å². The molecule has 0 spiro atoms. The smallest absolute Gasteiger partial charge is 0.0143 e. The highest BCUT2D eigenvalue weighted by atomic mass is 15.0. The van der Waals surface area contributed by atoms with E-state index in [9.17, 15) is 0 Å². The number of hydrogen-bond acceptors (Lipinski definition) is 1. The Morgan fingerprint density at radius 1 is 1.19 bits per heavy atom. The van der Waals surface area contributed by atoms with E-state index in [-0.39, 0.29) is 0 Å². The Labute approximate surface area is 99.3 Å². The topological polar surface area (TPSA) is 12.0 Å². The van der Waals surface area contributed by atoms with Crippen molar-refractivity contribution >= 4 is 0 Å². The van der Waals surface area contributed by atoms with E-state index in [4.69, 9.17) is 0 Å². The molecule has 0 heterocycles. The molecule has 0 aliphatic heterocycles. The third-order valence-electron chi connectivity index (χ3n) is 3.84. The molecule has 0 amide bonds. The van der Waals surface area contributed by atoms with Crippen molar-refractivity contribution in [1.29, 1.82) is 0 Å². The Bertz CT molecular complexity index is 302. The maximum atomic E-state index is 3.71. The molecule has 0 radical (unpaired) electrons. The monoisotopic (exact) mass is 217 g/mol. The van der Waals surface area contributed by atoms with E-state index >= 15 is 0 Å². The van der Waals surface area contributed by atoms with Crippen LogP contribution in [0.2, 0.25) is 0 Å². The average molecular weight is 217 g/mol. The fraction of sp³-hybridized carbons (Fsp3) is 0.600. The van der Waals surface area contributed by atoms with Gasteiger partial charge in [0.05, 0.1) is 0 Å². The summed E-state index contributed by atoms with van der Waals surface area (Å²) in [4.78, 5) is 0. The van der Waals surface area contributed by atoms with Crippen LogP contribution in [-0.4, -0.2) is 12.6 Å². The number of hydrogen-bond donors (Lipinski definition) is 1. The lowest BCUT2D eigenvalue weighted by Gasteiger charge is -2.13. The van der Waals surface area contributed by atoms with Crippen LogP contribution in [0.1, 0.15) is 44.6 Å². The molecule has 1 heteroatoms. The molecule has 0 aromatic heterocycles. The van der Waals surface area contributed by atoms with Crippen LogP contribution in [0.3, 0.4) is 0 Å². The molecule has 1 aromatic rings. The summed E-state index contributed by atoms with van der Waals surface area (Å²) >= 11 is 0. The van der Waals surface area contributed by atoms with Crippen molar-refractivity contribution in [1.82, 2.24) is 5.32 Å². The standard InChI is InChI=1S/C15H23N/c1-3-12(4-2)11-16-15-10-14(15)13-8-6-5-7-9-13/h5-9,12,14-16H,3-4,10-11H2,1-2H3. The Kier molecular flexibility index (Phi) is 4.00. The lowest BCUT2D eigenvalue weighted by molar-refractivity contribution is 0.446. The van der Waals surface area contributed by atoms with Crippen molar-refractivity contribution < 1.29 is 0 Å². The second-order valence-corrected chi connectivity index (χ2v) is 4.95. The van der Waals surface area contributed by atoms with Gasteiger partial charge in [-0.05, 0) is 24.4 Å². The molecular formula is C15H23N. The van der Waals surface area contributed by atoms with E-state index in [0.29, 0.717) is 0 Å². The molecule has 0 bridgehead atoms. The highest BCUT2D eigenvalue weighted by molar-refractivity contribution is 5.27. The first kappa shape index (κ1) is 11.7. The number of nitrogens with one attached hydrogen (secondary N) is 1.